The molecule has 0 unspecified atom stereocenters. The Morgan fingerprint density at radius 3 is 2.41 bits per heavy atom. The minimum absolute atomic E-state index is 0.0458. The molecule has 0 radical (unpaired) electrons. The molecule has 4 heteroatoms. The topological polar surface area (TPSA) is 58.9 Å². The van der Waals surface area contributed by atoms with Crippen LogP contribution in [0.2, 0.25) is 0 Å². The molecule has 98 valence electrons. The summed E-state index contributed by atoms with van der Waals surface area (Å²) >= 11 is 0. The Balaban J connectivity index is 2.29. The summed E-state index contributed by atoms with van der Waals surface area (Å²) in [6.07, 6.45) is 5.53. The number of carbonyl (C=O) groups excluding carboxylic acids is 1. The molecule has 1 aliphatic rings. The summed E-state index contributed by atoms with van der Waals surface area (Å²) in [5.74, 6) is 0.338. The first-order valence-corrected chi connectivity index (χ1v) is 6.54. The molecule has 0 spiro atoms. The van der Waals surface area contributed by atoms with E-state index in [2.05, 4.69) is 12.1 Å². The molecular weight excluding hydrogens is 218 g/mol. The Morgan fingerprint density at radius 1 is 1.29 bits per heavy atom. The highest BCUT2D eigenvalue weighted by atomic mass is 16.5. The van der Waals surface area contributed by atoms with Crippen LogP contribution in [-0.4, -0.2) is 23.5 Å². The molecule has 0 heterocycles. The molecule has 1 rings (SSSR count). The standard InChI is InChI=1S/C13H23NO3/c1-3-4-9-17-13(15)12-7-5-11(6-8-12)10(2)14-16/h11-12,16H,3-9H2,1-2H3/t11-,12+. The van der Waals surface area contributed by atoms with Crippen molar-refractivity contribution in [1.29, 1.82) is 0 Å². The highest BCUT2D eigenvalue weighted by Gasteiger charge is 2.28. The van der Waals surface area contributed by atoms with Gasteiger partial charge in [0.05, 0.1) is 18.2 Å². The van der Waals surface area contributed by atoms with Gasteiger partial charge in [0, 0.05) is 5.92 Å². The molecule has 17 heavy (non-hydrogen) atoms. The third-order valence-corrected chi connectivity index (χ3v) is 3.55. The van der Waals surface area contributed by atoms with E-state index in [9.17, 15) is 4.79 Å². The summed E-state index contributed by atoms with van der Waals surface area (Å²) in [4.78, 5) is 11.7. The maximum atomic E-state index is 11.7. The Labute approximate surface area is 103 Å². The molecule has 1 fully saturated rings. The van der Waals surface area contributed by atoms with Gasteiger partial charge in [-0.15, -0.1) is 0 Å². The lowest BCUT2D eigenvalue weighted by Crippen LogP contribution is -2.26. The van der Waals surface area contributed by atoms with Crippen molar-refractivity contribution in [3.63, 3.8) is 0 Å². The fourth-order valence-corrected chi connectivity index (χ4v) is 2.26. The smallest absolute Gasteiger partial charge is 0.308 e. The third-order valence-electron chi connectivity index (χ3n) is 3.55. The largest absolute Gasteiger partial charge is 0.465 e. The molecule has 4 nitrogen and oxygen atoms in total. The van der Waals surface area contributed by atoms with E-state index in [4.69, 9.17) is 9.94 Å². The number of carbonyl (C=O) groups is 1. The van der Waals surface area contributed by atoms with Gasteiger partial charge < -0.3 is 9.94 Å². The zero-order chi connectivity index (χ0) is 12.7. The quantitative estimate of drug-likeness (QED) is 0.265. The lowest BCUT2D eigenvalue weighted by Gasteiger charge is -2.26. The summed E-state index contributed by atoms with van der Waals surface area (Å²) in [6, 6.07) is 0. The van der Waals surface area contributed by atoms with Crippen LogP contribution < -0.4 is 0 Å². The van der Waals surface area contributed by atoms with E-state index >= 15 is 0 Å². The second-order valence-electron chi connectivity index (χ2n) is 4.81. The van der Waals surface area contributed by atoms with Crippen molar-refractivity contribution < 1.29 is 14.7 Å². The van der Waals surface area contributed by atoms with E-state index in [1.807, 2.05) is 6.92 Å². The normalized spacial score (nSPS) is 25.6. The Morgan fingerprint density at radius 2 is 1.88 bits per heavy atom. The molecule has 0 bridgehead atoms. The molecule has 0 saturated heterocycles. The van der Waals surface area contributed by atoms with E-state index in [0.717, 1.165) is 44.2 Å². The predicted molar refractivity (Wildman–Crippen MR) is 66.2 cm³/mol. The lowest BCUT2D eigenvalue weighted by molar-refractivity contribution is -0.149. The zero-order valence-electron chi connectivity index (χ0n) is 10.8. The first-order valence-electron chi connectivity index (χ1n) is 6.54. The van der Waals surface area contributed by atoms with Crippen molar-refractivity contribution in [2.75, 3.05) is 6.61 Å². The highest BCUT2D eigenvalue weighted by Crippen LogP contribution is 2.30. The van der Waals surface area contributed by atoms with Crippen LogP contribution >= 0.6 is 0 Å². The SMILES string of the molecule is CCCCOC(=O)[C@H]1CC[C@@H](C(C)=NO)CC1. The van der Waals surface area contributed by atoms with Crippen LogP contribution in [0.1, 0.15) is 52.4 Å². The number of ether oxygens (including phenoxy) is 1. The molecule has 0 aliphatic heterocycles. The second kappa shape index (κ2) is 7.30. The van der Waals surface area contributed by atoms with Crippen LogP contribution in [0.25, 0.3) is 0 Å². The van der Waals surface area contributed by atoms with Gasteiger partial charge in [-0.25, -0.2) is 0 Å². The van der Waals surface area contributed by atoms with E-state index in [1.165, 1.54) is 0 Å². The van der Waals surface area contributed by atoms with Crippen LogP contribution in [0, 0.1) is 11.8 Å². The van der Waals surface area contributed by atoms with Crippen molar-refractivity contribution >= 4 is 11.7 Å². The highest BCUT2D eigenvalue weighted by molar-refractivity contribution is 5.84. The monoisotopic (exact) mass is 241 g/mol. The molecule has 0 aromatic rings. The van der Waals surface area contributed by atoms with Crippen molar-refractivity contribution in [3.8, 4) is 0 Å². The molecule has 0 amide bonds. The van der Waals surface area contributed by atoms with Crippen molar-refractivity contribution in [1.82, 2.24) is 0 Å². The Kier molecular flexibility index (Phi) is 6.01. The van der Waals surface area contributed by atoms with Gasteiger partial charge in [0.15, 0.2) is 0 Å². The fourth-order valence-electron chi connectivity index (χ4n) is 2.26. The average molecular weight is 241 g/mol. The molecule has 0 aromatic carbocycles. The van der Waals surface area contributed by atoms with Crippen molar-refractivity contribution in [3.05, 3.63) is 0 Å². The van der Waals surface area contributed by atoms with Gasteiger partial charge in [0.25, 0.3) is 0 Å². The van der Waals surface area contributed by atoms with E-state index < -0.39 is 0 Å². The average Bonchev–Trinajstić information content (AvgIpc) is 2.38. The van der Waals surface area contributed by atoms with E-state index in [1.54, 1.807) is 0 Å². The maximum Gasteiger partial charge on any atom is 0.308 e. The summed E-state index contributed by atoms with van der Waals surface area (Å²) in [5.41, 5.74) is 0.780. The molecular formula is C13H23NO3. The number of hydrogen-bond acceptors (Lipinski definition) is 4. The Bertz CT molecular complexity index is 268. The number of esters is 1. The molecule has 1 N–H and O–H groups in total. The number of rotatable bonds is 5. The molecule has 0 aromatic heterocycles. The van der Waals surface area contributed by atoms with Gasteiger partial charge in [-0.1, -0.05) is 18.5 Å². The van der Waals surface area contributed by atoms with Crippen molar-refractivity contribution in [2.45, 2.75) is 52.4 Å². The second-order valence-corrected chi connectivity index (χ2v) is 4.81. The summed E-state index contributed by atoms with van der Waals surface area (Å²) in [5, 5.41) is 11.9. The predicted octanol–water partition coefficient (Wildman–Crippen LogP) is 2.99. The molecule has 1 saturated carbocycles. The zero-order valence-corrected chi connectivity index (χ0v) is 10.8. The Hall–Kier alpha value is -1.06. The van der Waals surface area contributed by atoms with Gasteiger partial charge in [-0.3, -0.25) is 4.79 Å². The van der Waals surface area contributed by atoms with Gasteiger partial charge in [0.2, 0.25) is 0 Å². The maximum absolute atomic E-state index is 11.7. The van der Waals surface area contributed by atoms with Gasteiger partial charge >= 0.3 is 5.97 Å². The fraction of sp³-hybridized carbons (Fsp3) is 0.846. The molecule has 0 atom stereocenters. The summed E-state index contributed by atoms with van der Waals surface area (Å²) in [7, 11) is 0. The number of nitrogens with zero attached hydrogens (tertiary/aromatic N) is 1. The number of oxime groups is 1. The van der Waals surface area contributed by atoms with Gasteiger partial charge in [-0.05, 0) is 39.0 Å². The first kappa shape index (κ1) is 14.0. The van der Waals surface area contributed by atoms with Crippen LogP contribution in [0.15, 0.2) is 5.16 Å². The number of hydrogen-bond donors (Lipinski definition) is 1. The third kappa shape index (κ3) is 4.36. The molecule has 1 aliphatic carbocycles. The van der Waals surface area contributed by atoms with Crippen LogP contribution in [-0.2, 0) is 9.53 Å². The summed E-state index contributed by atoms with van der Waals surface area (Å²) < 4.78 is 5.23. The van der Waals surface area contributed by atoms with Crippen molar-refractivity contribution in [2.24, 2.45) is 17.0 Å². The minimum Gasteiger partial charge on any atom is -0.465 e. The lowest BCUT2D eigenvalue weighted by atomic mass is 9.80. The minimum atomic E-state index is -0.0458. The van der Waals surface area contributed by atoms with Gasteiger partial charge in [0.1, 0.15) is 0 Å². The van der Waals surface area contributed by atoms with E-state index in [0.29, 0.717) is 12.5 Å². The summed E-state index contributed by atoms with van der Waals surface area (Å²) in [6.45, 7) is 4.47. The van der Waals surface area contributed by atoms with Crippen LogP contribution in [0.5, 0.6) is 0 Å². The van der Waals surface area contributed by atoms with Gasteiger partial charge in [-0.2, -0.15) is 0 Å². The van der Waals surface area contributed by atoms with E-state index in [-0.39, 0.29) is 11.9 Å². The number of unbranched alkanes of at least 4 members (excludes halogenated alkanes) is 1. The van der Waals surface area contributed by atoms with Crippen LogP contribution in [0.3, 0.4) is 0 Å². The van der Waals surface area contributed by atoms with Crippen LogP contribution in [0.4, 0.5) is 0 Å². The first-order chi connectivity index (χ1) is 8.19.